The molecule has 3 aliphatic rings. The molecule has 1 aliphatic heterocycles. The predicted molar refractivity (Wildman–Crippen MR) is 83.9 cm³/mol. The van der Waals surface area contributed by atoms with Gasteiger partial charge in [0.2, 0.25) is 0 Å². The topological polar surface area (TPSA) is 45.6 Å². The van der Waals surface area contributed by atoms with Crippen LogP contribution in [0.15, 0.2) is 0 Å². The molecule has 1 saturated heterocycles. The van der Waals surface area contributed by atoms with Crippen LogP contribution in [-0.2, 0) is 11.2 Å². The van der Waals surface area contributed by atoms with E-state index in [2.05, 4.69) is 18.7 Å². The van der Waals surface area contributed by atoms with E-state index >= 15 is 0 Å². The van der Waals surface area contributed by atoms with Crippen LogP contribution in [-0.4, -0.2) is 35.4 Å². The van der Waals surface area contributed by atoms with E-state index in [1.807, 2.05) is 0 Å². The van der Waals surface area contributed by atoms with Gasteiger partial charge in [0.05, 0.1) is 35.4 Å². The van der Waals surface area contributed by atoms with E-state index < -0.39 is 0 Å². The molecule has 4 rings (SSSR count). The maximum Gasteiger partial charge on any atom is 0.186 e. The van der Waals surface area contributed by atoms with Gasteiger partial charge < -0.3 is 14.7 Å². The summed E-state index contributed by atoms with van der Waals surface area (Å²) in [5.41, 5.74) is 1.28. The van der Waals surface area contributed by atoms with Crippen LogP contribution < -0.4 is 4.90 Å². The monoisotopic (exact) mass is 308 g/mol. The summed E-state index contributed by atoms with van der Waals surface area (Å²) in [5.74, 6) is 0. The van der Waals surface area contributed by atoms with Gasteiger partial charge in [-0.25, -0.2) is 4.98 Å². The molecule has 0 spiro atoms. The Kier molecular flexibility index (Phi) is 3.28. The van der Waals surface area contributed by atoms with Crippen LogP contribution in [0.1, 0.15) is 56.2 Å². The number of morpholine rings is 1. The minimum Gasteiger partial charge on any atom is -0.387 e. The molecule has 0 bridgehead atoms. The van der Waals surface area contributed by atoms with Crippen molar-refractivity contribution in [2.24, 2.45) is 5.41 Å². The molecule has 2 fully saturated rings. The Bertz CT molecular complexity index is 542. The lowest BCUT2D eigenvalue weighted by Gasteiger charge is -2.37. The summed E-state index contributed by atoms with van der Waals surface area (Å²) in [6, 6.07) is 0.497. The fraction of sp³-hybridized carbons (Fsp3) is 0.812. The second-order valence-electron chi connectivity index (χ2n) is 7.47. The summed E-state index contributed by atoms with van der Waals surface area (Å²) >= 11 is 1.71. The number of thiazole rings is 1. The lowest BCUT2D eigenvalue weighted by Crippen LogP contribution is -2.48. The number of rotatable bonds is 1. The van der Waals surface area contributed by atoms with Gasteiger partial charge in [0, 0.05) is 6.54 Å². The van der Waals surface area contributed by atoms with E-state index in [1.54, 1.807) is 11.3 Å². The molecule has 1 aromatic rings. The summed E-state index contributed by atoms with van der Waals surface area (Å²) in [6.45, 7) is 6.19. The number of ether oxygens (including phenoxy) is 1. The van der Waals surface area contributed by atoms with Crippen LogP contribution >= 0.6 is 11.3 Å². The molecule has 3 atom stereocenters. The lowest BCUT2D eigenvalue weighted by molar-refractivity contribution is 0.0256. The van der Waals surface area contributed by atoms with Gasteiger partial charge in [0.25, 0.3) is 0 Å². The third kappa shape index (κ3) is 2.39. The van der Waals surface area contributed by atoms with Crippen molar-refractivity contribution >= 4 is 16.5 Å². The molecule has 0 amide bonds. The molecule has 4 nitrogen and oxygen atoms in total. The van der Waals surface area contributed by atoms with Crippen LogP contribution in [0.5, 0.6) is 0 Å². The van der Waals surface area contributed by atoms with Crippen LogP contribution in [0.25, 0.3) is 0 Å². The maximum absolute atomic E-state index is 10.4. The molecule has 1 saturated carbocycles. The SMILES string of the molecule is CC1(C)Cc2nc(N3CCOC4CCCC43)sc2C(O)C1. The molecule has 116 valence electrons. The number of aliphatic hydroxyl groups is 1. The molecular weight excluding hydrogens is 284 g/mol. The molecule has 1 aromatic heterocycles. The normalized spacial score (nSPS) is 34.6. The quantitative estimate of drug-likeness (QED) is 0.866. The number of hydrogen-bond donors (Lipinski definition) is 1. The van der Waals surface area contributed by atoms with E-state index in [0.717, 1.165) is 41.7 Å². The minimum atomic E-state index is -0.338. The standard InChI is InChI=1S/C16H24N2O2S/c1-16(2)8-10-14(12(19)9-16)21-15(17-10)18-6-7-20-13-5-3-4-11(13)18/h11-13,19H,3-9H2,1-2H3. The summed E-state index contributed by atoms with van der Waals surface area (Å²) in [4.78, 5) is 8.46. The first-order valence-corrected chi connectivity index (χ1v) is 8.91. The number of aromatic nitrogens is 1. The van der Waals surface area contributed by atoms with Gasteiger partial charge in [0.15, 0.2) is 5.13 Å². The molecule has 2 heterocycles. The Morgan fingerprint density at radius 1 is 1.38 bits per heavy atom. The van der Waals surface area contributed by atoms with Gasteiger partial charge in [-0.15, -0.1) is 0 Å². The Hall–Kier alpha value is -0.650. The van der Waals surface area contributed by atoms with Crippen molar-refractivity contribution in [1.29, 1.82) is 0 Å². The molecule has 1 N–H and O–H groups in total. The zero-order chi connectivity index (χ0) is 14.6. The highest BCUT2D eigenvalue weighted by Crippen LogP contribution is 2.45. The third-order valence-electron chi connectivity index (χ3n) is 5.14. The summed E-state index contributed by atoms with van der Waals surface area (Å²) < 4.78 is 5.90. The number of nitrogens with zero attached hydrogens (tertiary/aromatic N) is 2. The summed E-state index contributed by atoms with van der Waals surface area (Å²) in [7, 11) is 0. The number of anilines is 1. The van der Waals surface area contributed by atoms with E-state index in [-0.39, 0.29) is 11.5 Å². The van der Waals surface area contributed by atoms with Crippen LogP contribution in [0.2, 0.25) is 0 Å². The number of fused-ring (bicyclic) bond motifs is 2. The van der Waals surface area contributed by atoms with E-state index in [0.29, 0.717) is 12.1 Å². The largest absolute Gasteiger partial charge is 0.387 e. The zero-order valence-electron chi connectivity index (χ0n) is 12.8. The van der Waals surface area contributed by atoms with Crippen LogP contribution in [0.4, 0.5) is 5.13 Å². The Labute approximate surface area is 130 Å². The van der Waals surface area contributed by atoms with Crippen molar-refractivity contribution in [3.05, 3.63) is 10.6 Å². The molecule has 0 radical (unpaired) electrons. The van der Waals surface area contributed by atoms with E-state index in [4.69, 9.17) is 9.72 Å². The average molecular weight is 308 g/mol. The van der Waals surface area contributed by atoms with Crippen molar-refractivity contribution in [3.63, 3.8) is 0 Å². The zero-order valence-corrected chi connectivity index (χ0v) is 13.7. The average Bonchev–Trinajstić information content (AvgIpc) is 3.02. The van der Waals surface area contributed by atoms with Crippen molar-refractivity contribution in [2.75, 3.05) is 18.1 Å². The lowest BCUT2D eigenvalue weighted by atomic mass is 9.77. The van der Waals surface area contributed by atoms with Gasteiger partial charge in [-0.05, 0) is 37.5 Å². The van der Waals surface area contributed by atoms with Crippen LogP contribution in [0.3, 0.4) is 0 Å². The molecule has 2 aliphatic carbocycles. The molecule has 21 heavy (non-hydrogen) atoms. The van der Waals surface area contributed by atoms with Gasteiger partial charge in [-0.1, -0.05) is 25.2 Å². The molecule has 5 heteroatoms. The van der Waals surface area contributed by atoms with Gasteiger partial charge >= 0.3 is 0 Å². The molecule has 0 aromatic carbocycles. The first-order valence-electron chi connectivity index (χ1n) is 8.09. The van der Waals surface area contributed by atoms with Gasteiger partial charge in [-0.3, -0.25) is 0 Å². The van der Waals surface area contributed by atoms with Gasteiger partial charge in [0.1, 0.15) is 0 Å². The Balaban J connectivity index is 1.65. The fourth-order valence-corrected chi connectivity index (χ4v) is 5.32. The van der Waals surface area contributed by atoms with E-state index in [9.17, 15) is 5.11 Å². The minimum absolute atomic E-state index is 0.151. The van der Waals surface area contributed by atoms with Crippen LogP contribution in [0, 0.1) is 5.41 Å². The second-order valence-corrected chi connectivity index (χ2v) is 8.48. The predicted octanol–water partition coefficient (Wildman–Crippen LogP) is 2.91. The van der Waals surface area contributed by atoms with Crippen molar-refractivity contribution in [3.8, 4) is 0 Å². The highest BCUT2D eigenvalue weighted by atomic mass is 32.1. The number of hydrogen-bond acceptors (Lipinski definition) is 5. The number of aliphatic hydroxyl groups excluding tert-OH is 1. The van der Waals surface area contributed by atoms with E-state index in [1.165, 1.54) is 19.3 Å². The summed E-state index contributed by atoms with van der Waals surface area (Å²) in [5, 5.41) is 11.5. The maximum atomic E-state index is 10.4. The Morgan fingerprint density at radius 3 is 3.10 bits per heavy atom. The first kappa shape index (κ1) is 14.0. The highest BCUT2D eigenvalue weighted by Gasteiger charge is 2.39. The summed E-state index contributed by atoms with van der Waals surface area (Å²) in [6.07, 6.45) is 5.53. The Morgan fingerprint density at radius 2 is 2.24 bits per heavy atom. The molecule has 3 unspecified atom stereocenters. The third-order valence-corrected chi connectivity index (χ3v) is 6.37. The fourth-order valence-electron chi connectivity index (χ4n) is 4.17. The first-order chi connectivity index (χ1) is 10.0. The molecular formula is C16H24N2O2S. The van der Waals surface area contributed by atoms with Crippen molar-refractivity contribution in [1.82, 2.24) is 4.98 Å². The highest BCUT2D eigenvalue weighted by molar-refractivity contribution is 7.15. The van der Waals surface area contributed by atoms with Crippen molar-refractivity contribution < 1.29 is 9.84 Å². The van der Waals surface area contributed by atoms with Gasteiger partial charge in [-0.2, -0.15) is 0 Å². The second kappa shape index (κ2) is 4.93. The smallest absolute Gasteiger partial charge is 0.186 e. The van der Waals surface area contributed by atoms with Crippen molar-refractivity contribution in [2.45, 2.75) is 64.2 Å².